The highest BCUT2D eigenvalue weighted by Crippen LogP contribution is 2.28. The van der Waals surface area contributed by atoms with Crippen LogP contribution in [-0.4, -0.2) is 61.0 Å². The van der Waals surface area contributed by atoms with Crippen LogP contribution in [-0.2, 0) is 11.2 Å². The van der Waals surface area contributed by atoms with E-state index >= 15 is 0 Å². The van der Waals surface area contributed by atoms with Crippen molar-refractivity contribution >= 4 is 34.9 Å². The number of anilines is 3. The highest BCUT2D eigenvalue weighted by Gasteiger charge is 2.25. The van der Waals surface area contributed by atoms with Gasteiger partial charge in [-0.15, -0.1) is 0 Å². The summed E-state index contributed by atoms with van der Waals surface area (Å²) < 4.78 is 5.54. The second kappa shape index (κ2) is 11.6. The smallest absolute Gasteiger partial charge is 0.232 e. The van der Waals surface area contributed by atoms with Crippen LogP contribution >= 0.6 is 12.2 Å². The molecule has 1 aromatic carbocycles. The van der Waals surface area contributed by atoms with Gasteiger partial charge in [0, 0.05) is 38.8 Å². The third-order valence-electron chi connectivity index (χ3n) is 6.22. The first kappa shape index (κ1) is 23.7. The zero-order valence-electron chi connectivity index (χ0n) is 19.8. The highest BCUT2D eigenvalue weighted by atomic mass is 32.1. The Morgan fingerprint density at radius 2 is 1.70 bits per heavy atom. The topological polar surface area (TPSA) is 65.6 Å². The molecule has 2 atom stereocenters. The van der Waals surface area contributed by atoms with E-state index in [1.807, 2.05) is 6.07 Å². The number of aromatic nitrogens is 2. The van der Waals surface area contributed by atoms with Gasteiger partial charge in [0.05, 0.1) is 13.2 Å². The first-order chi connectivity index (χ1) is 16.1. The molecule has 2 N–H and O–H groups in total. The molecule has 1 aromatic heterocycles. The number of morpholine rings is 1. The van der Waals surface area contributed by atoms with Gasteiger partial charge in [-0.3, -0.25) is 0 Å². The maximum absolute atomic E-state index is 5.55. The molecule has 0 aliphatic carbocycles. The van der Waals surface area contributed by atoms with Gasteiger partial charge in [0.15, 0.2) is 5.11 Å². The van der Waals surface area contributed by atoms with E-state index in [4.69, 9.17) is 26.9 Å². The molecule has 0 spiro atoms. The third-order valence-corrected chi connectivity index (χ3v) is 6.47. The van der Waals surface area contributed by atoms with Crippen molar-refractivity contribution < 1.29 is 4.74 Å². The summed E-state index contributed by atoms with van der Waals surface area (Å²) in [5.74, 6) is 3.77. The molecule has 33 heavy (non-hydrogen) atoms. The van der Waals surface area contributed by atoms with Crippen LogP contribution in [0.1, 0.15) is 32.3 Å². The van der Waals surface area contributed by atoms with Crippen molar-refractivity contribution in [1.29, 1.82) is 0 Å². The molecule has 7 nitrogen and oxygen atoms in total. The van der Waals surface area contributed by atoms with Gasteiger partial charge in [-0.25, -0.2) is 0 Å². The number of aryl methyl sites for hydroxylation is 1. The van der Waals surface area contributed by atoms with Crippen molar-refractivity contribution in [2.75, 3.05) is 61.1 Å². The minimum Gasteiger partial charge on any atom is -0.378 e. The number of hydrogen-bond acceptors (Lipinski definition) is 6. The number of rotatable bonds is 7. The molecule has 0 saturated carbocycles. The van der Waals surface area contributed by atoms with Gasteiger partial charge in [-0.05, 0) is 48.9 Å². The van der Waals surface area contributed by atoms with Crippen LogP contribution in [0.15, 0.2) is 36.4 Å². The lowest BCUT2D eigenvalue weighted by Gasteiger charge is -2.36. The zero-order chi connectivity index (χ0) is 23.0. The maximum Gasteiger partial charge on any atom is 0.232 e. The third kappa shape index (κ3) is 7.01. The number of benzene rings is 1. The SMILES string of the molecule is C[C@H]1C[C@H](C)CN(c2cc(N3CCOCC3)nc(NC(=S)NCCCc3ccccc3)n2)C1. The molecular formula is C25H36N6OS. The van der Waals surface area contributed by atoms with Gasteiger partial charge < -0.3 is 25.2 Å². The summed E-state index contributed by atoms with van der Waals surface area (Å²) in [7, 11) is 0. The molecule has 0 radical (unpaired) electrons. The lowest BCUT2D eigenvalue weighted by Crippen LogP contribution is -2.40. The van der Waals surface area contributed by atoms with Crippen LogP contribution in [0.25, 0.3) is 0 Å². The quantitative estimate of drug-likeness (QED) is 0.471. The van der Waals surface area contributed by atoms with E-state index in [9.17, 15) is 0 Å². The van der Waals surface area contributed by atoms with E-state index in [1.165, 1.54) is 12.0 Å². The van der Waals surface area contributed by atoms with Crippen LogP contribution in [0.4, 0.5) is 17.6 Å². The average molecular weight is 469 g/mol. The lowest BCUT2D eigenvalue weighted by atomic mass is 9.92. The van der Waals surface area contributed by atoms with Crippen molar-refractivity contribution in [2.45, 2.75) is 33.1 Å². The predicted molar refractivity (Wildman–Crippen MR) is 139 cm³/mol. The van der Waals surface area contributed by atoms with E-state index in [-0.39, 0.29) is 0 Å². The van der Waals surface area contributed by atoms with Crippen LogP contribution < -0.4 is 20.4 Å². The molecule has 2 aromatic rings. The standard InChI is InChI=1S/C25H36N6OS/c1-19-15-20(2)18-31(17-19)23-16-22(30-11-13-32-14-12-30)27-24(28-23)29-25(33)26-10-6-9-21-7-4-3-5-8-21/h3-5,7-8,16,19-20H,6,9-15,17-18H2,1-2H3,(H2,26,27,28,29,33)/t19-,20-/m0/s1. The Balaban J connectivity index is 1.41. The Morgan fingerprint density at radius 1 is 1.03 bits per heavy atom. The van der Waals surface area contributed by atoms with E-state index in [1.54, 1.807) is 0 Å². The zero-order valence-corrected chi connectivity index (χ0v) is 20.6. The summed E-state index contributed by atoms with van der Waals surface area (Å²) in [4.78, 5) is 14.3. The molecule has 0 unspecified atom stereocenters. The number of ether oxygens (including phenoxy) is 1. The fourth-order valence-electron chi connectivity index (χ4n) is 4.73. The first-order valence-corrected chi connectivity index (χ1v) is 12.5. The second-order valence-corrected chi connectivity index (χ2v) is 9.74. The molecular weight excluding hydrogens is 432 g/mol. The monoisotopic (exact) mass is 468 g/mol. The summed E-state index contributed by atoms with van der Waals surface area (Å²) in [5, 5.41) is 7.11. The molecule has 0 amide bonds. The van der Waals surface area contributed by atoms with Gasteiger partial charge in [0.2, 0.25) is 5.95 Å². The normalized spacial score (nSPS) is 21.0. The van der Waals surface area contributed by atoms with Gasteiger partial charge in [-0.2, -0.15) is 9.97 Å². The van der Waals surface area contributed by atoms with Crippen LogP contribution in [0.5, 0.6) is 0 Å². The molecule has 178 valence electrons. The Labute approximate surface area is 202 Å². The fraction of sp³-hybridized carbons (Fsp3) is 0.560. The summed E-state index contributed by atoms with van der Waals surface area (Å²) in [5.41, 5.74) is 1.34. The van der Waals surface area contributed by atoms with Crippen molar-refractivity contribution in [3.05, 3.63) is 42.0 Å². The van der Waals surface area contributed by atoms with Crippen LogP contribution in [0.2, 0.25) is 0 Å². The molecule has 2 saturated heterocycles. The number of thiocarbonyl (C=S) groups is 1. The summed E-state index contributed by atoms with van der Waals surface area (Å²) in [6.07, 6.45) is 3.30. The fourth-order valence-corrected chi connectivity index (χ4v) is 4.92. The van der Waals surface area contributed by atoms with Crippen molar-refractivity contribution in [3.63, 3.8) is 0 Å². The van der Waals surface area contributed by atoms with Crippen LogP contribution in [0.3, 0.4) is 0 Å². The summed E-state index contributed by atoms with van der Waals surface area (Å²) in [6, 6.07) is 12.6. The van der Waals surface area contributed by atoms with E-state index in [2.05, 4.69) is 64.6 Å². The van der Waals surface area contributed by atoms with E-state index < -0.39 is 0 Å². The van der Waals surface area contributed by atoms with Gasteiger partial charge >= 0.3 is 0 Å². The number of nitrogens with zero attached hydrogens (tertiary/aromatic N) is 4. The number of nitrogens with one attached hydrogen (secondary N) is 2. The molecule has 2 aliphatic heterocycles. The summed E-state index contributed by atoms with van der Waals surface area (Å²) in [6.45, 7) is 10.6. The van der Waals surface area contributed by atoms with Gasteiger partial charge in [0.1, 0.15) is 11.6 Å². The first-order valence-electron chi connectivity index (χ1n) is 12.1. The molecule has 2 fully saturated rings. The average Bonchev–Trinajstić information content (AvgIpc) is 2.82. The minimum absolute atomic E-state index is 0.556. The van der Waals surface area contributed by atoms with Gasteiger partial charge in [0.25, 0.3) is 0 Å². The van der Waals surface area contributed by atoms with Crippen molar-refractivity contribution in [3.8, 4) is 0 Å². The Bertz CT molecular complexity index is 895. The maximum atomic E-state index is 5.55. The molecule has 8 heteroatoms. The van der Waals surface area contributed by atoms with Gasteiger partial charge in [-0.1, -0.05) is 44.2 Å². The van der Waals surface area contributed by atoms with E-state index in [0.29, 0.717) is 22.9 Å². The largest absolute Gasteiger partial charge is 0.378 e. The van der Waals surface area contributed by atoms with Crippen molar-refractivity contribution in [1.82, 2.24) is 15.3 Å². The Morgan fingerprint density at radius 3 is 2.39 bits per heavy atom. The lowest BCUT2D eigenvalue weighted by molar-refractivity contribution is 0.122. The molecule has 3 heterocycles. The Kier molecular flexibility index (Phi) is 8.34. The van der Waals surface area contributed by atoms with Crippen LogP contribution in [0, 0.1) is 11.8 Å². The van der Waals surface area contributed by atoms with E-state index in [0.717, 1.165) is 70.4 Å². The molecule has 0 bridgehead atoms. The minimum atomic E-state index is 0.556. The predicted octanol–water partition coefficient (Wildman–Crippen LogP) is 3.71. The second-order valence-electron chi connectivity index (χ2n) is 9.33. The Hall–Kier alpha value is -2.45. The molecule has 4 rings (SSSR count). The summed E-state index contributed by atoms with van der Waals surface area (Å²) >= 11 is 5.55. The molecule has 2 aliphatic rings. The number of hydrogen-bond donors (Lipinski definition) is 2. The number of piperidine rings is 1. The highest BCUT2D eigenvalue weighted by molar-refractivity contribution is 7.80. The van der Waals surface area contributed by atoms with Crippen molar-refractivity contribution in [2.24, 2.45) is 11.8 Å².